The minimum Gasteiger partial charge on any atom is -0.320 e. The first-order valence-corrected chi connectivity index (χ1v) is 12.1. The number of carbonyl (C=O) groups excluding carboxylic acids is 3. The Kier molecular flexibility index (Phi) is 5.25. The number of piperazine rings is 1. The molecule has 2 heterocycles. The summed E-state index contributed by atoms with van der Waals surface area (Å²) in [6, 6.07) is 23.5. The van der Waals surface area contributed by atoms with Gasteiger partial charge in [0.15, 0.2) is 5.67 Å². The molecule has 1 aliphatic carbocycles. The molecular formula is C28H25FN4O3. The lowest BCUT2D eigenvalue weighted by Gasteiger charge is -2.35. The first-order valence-electron chi connectivity index (χ1n) is 12.1. The Bertz CT molecular complexity index is 1330. The number of rotatable bonds is 4. The number of anilines is 1. The summed E-state index contributed by atoms with van der Waals surface area (Å²) in [6.45, 7) is 0.571. The molecule has 2 saturated heterocycles. The summed E-state index contributed by atoms with van der Waals surface area (Å²) in [5.41, 5.74) is 1.27. The van der Waals surface area contributed by atoms with Crippen LogP contribution in [0.4, 0.5) is 19.7 Å². The Hall–Kier alpha value is -4.20. The van der Waals surface area contributed by atoms with E-state index in [4.69, 9.17) is 0 Å². The first-order chi connectivity index (χ1) is 17.5. The van der Waals surface area contributed by atoms with Crippen molar-refractivity contribution in [2.45, 2.75) is 24.2 Å². The van der Waals surface area contributed by atoms with Crippen LogP contribution in [0.1, 0.15) is 12.0 Å². The minimum absolute atomic E-state index is 0.0672. The van der Waals surface area contributed by atoms with Crippen LogP contribution in [0.2, 0.25) is 0 Å². The van der Waals surface area contributed by atoms with Gasteiger partial charge in [-0.1, -0.05) is 78.9 Å². The number of alkyl halides is 1. The molecule has 0 radical (unpaired) electrons. The molecule has 3 aromatic rings. The van der Waals surface area contributed by atoms with Crippen molar-refractivity contribution in [2.75, 3.05) is 25.0 Å². The van der Waals surface area contributed by atoms with E-state index in [0.717, 1.165) is 16.0 Å². The second-order valence-corrected chi connectivity index (χ2v) is 9.44. The van der Waals surface area contributed by atoms with Crippen LogP contribution in [0.3, 0.4) is 0 Å². The van der Waals surface area contributed by atoms with Crippen molar-refractivity contribution in [3.63, 3.8) is 0 Å². The highest BCUT2D eigenvalue weighted by Gasteiger charge is 2.66. The Morgan fingerprint density at radius 3 is 2.31 bits per heavy atom. The summed E-state index contributed by atoms with van der Waals surface area (Å²) in [6.07, 6.45) is 0.0928. The number of halogens is 1. The van der Waals surface area contributed by atoms with Crippen LogP contribution in [0.25, 0.3) is 11.1 Å². The van der Waals surface area contributed by atoms with Gasteiger partial charge in [-0.2, -0.15) is 0 Å². The molecular weight excluding hydrogens is 459 g/mol. The number of para-hydroxylation sites is 1. The van der Waals surface area contributed by atoms with Gasteiger partial charge in [0.2, 0.25) is 0 Å². The highest BCUT2D eigenvalue weighted by Crippen LogP contribution is 2.54. The van der Waals surface area contributed by atoms with Crippen molar-refractivity contribution in [1.29, 1.82) is 0 Å². The zero-order valence-corrected chi connectivity index (χ0v) is 19.5. The molecule has 3 atom stereocenters. The van der Waals surface area contributed by atoms with Crippen LogP contribution in [-0.4, -0.2) is 64.4 Å². The van der Waals surface area contributed by atoms with Crippen LogP contribution in [0, 0.1) is 0 Å². The Labute approximate surface area is 208 Å². The fourth-order valence-corrected chi connectivity index (χ4v) is 5.29. The van der Waals surface area contributed by atoms with Crippen LogP contribution in [0.15, 0.2) is 84.9 Å². The maximum absolute atomic E-state index is 15.6. The number of carbonyl (C=O) groups is 3. The molecule has 5 amide bonds. The zero-order chi connectivity index (χ0) is 24.9. The summed E-state index contributed by atoms with van der Waals surface area (Å²) in [4.78, 5) is 43.6. The number of urea groups is 2. The SMILES string of the molecule is O=C(Nc1ccccc1-c1ccccc1)N1CCN2C(=O)N([C@@H]3C[C@]3(F)c3ccccc3)C(=O)C2C1. The van der Waals surface area contributed by atoms with Gasteiger partial charge in [-0.25, -0.2) is 14.0 Å². The lowest BCUT2D eigenvalue weighted by molar-refractivity contribution is -0.129. The third kappa shape index (κ3) is 3.61. The van der Waals surface area contributed by atoms with Crippen LogP contribution in [-0.2, 0) is 10.5 Å². The second kappa shape index (κ2) is 8.48. The molecule has 182 valence electrons. The number of imide groups is 1. The summed E-state index contributed by atoms with van der Waals surface area (Å²) in [5, 5.41) is 2.96. The fourth-order valence-electron chi connectivity index (χ4n) is 5.29. The average molecular weight is 485 g/mol. The molecule has 8 heteroatoms. The van der Waals surface area contributed by atoms with Crippen molar-refractivity contribution in [3.05, 3.63) is 90.5 Å². The summed E-state index contributed by atoms with van der Waals surface area (Å²) in [5.74, 6) is -0.442. The molecule has 2 aliphatic heterocycles. The molecule has 36 heavy (non-hydrogen) atoms. The van der Waals surface area contributed by atoms with Gasteiger partial charge in [0.25, 0.3) is 5.91 Å². The monoisotopic (exact) mass is 484 g/mol. The van der Waals surface area contributed by atoms with Crippen molar-refractivity contribution in [1.82, 2.24) is 14.7 Å². The first kappa shape index (κ1) is 22.3. The van der Waals surface area contributed by atoms with E-state index in [1.807, 2.05) is 54.6 Å². The molecule has 0 spiro atoms. The molecule has 1 unspecified atom stereocenters. The highest BCUT2D eigenvalue weighted by atomic mass is 19.1. The molecule has 1 saturated carbocycles. The normalized spacial score (nSPS) is 25.1. The van der Waals surface area contributed by atoms with Crippen LogP contribution < -0.4 is 5.32 Å². The van der Waals surface area contributed by atoms with Crippen molar-refractivity contribution in [3.8, 4) is 11.1 Å². The minimum atomic E-state index is -1.72. The summed E-state index contributed by atoms with van der Waals surface area (Å²) >= 11 is 0. The third-order valence-electron chi connectivity index (χ3n) is 7.32. The van der Waals surface area contributed by atoms with E-state index in [1.54, 1.807) is 35.2 Å². The van der Waals surface area contributed by atoms with E-state index in [1.165, 1.54) is 4.90 Å². The van der Waals surface area contributed by atoms with Crippen LogP contribution >= 0.6 is 0 Å². The van der Waals surface area contributed by atoms with Crippen molar-refractivity contribution in [2.24, 2.45) is 0 Å². The van der Waals surface area contributed by atoms with Crippen LogP contribution in [0.5, 0.6) is 0 Å². The van der Waals surface area contributed by atoms with Gasteiger partial charge in [-0.15, -0.1) is 0 Å². The fraction of sp³-hybridized carbons (Fsp3) is 0.250. The van der Waals surface area contributed by atoms with Gasteiger partial charge in [-0.05, 0) is 17.2 Å². The predicted octanol–water partition coefficient (Wildman–Crippen LogP) is 4.47. The number of fused-ring (bicyclic) bond motifs is 1. The van der Waals surface area contributed by atoms with Gasteiger partial charge >= 0.3 is 12.1 Å². The molecule has 6 rings (SSSR count). The number of hydrogen-bond acceptors (Lipinski definition) is 3. The number of hydrogen-bond donors (Lipinski definition) is 1. The van der Waals surface area contributed by atoms with E-state index >= 15 is 4.39 Å². The quantitative estimate of drug-likeness (QED) is 0.556. The standard InChI is InChI=1S/C28H25FN4O3/c29-28(20-11-5-2-6-12-20)17-24(28)33-25(34)23-18-31(15-16-32(23)27(33)36)26(35)30-22-14-8-7-13-21(22)19-9-3-1-4-10-19/h1-14,23-24H,15-18H2,(H,30,35)/t23?,24-,28+/m1/s1. The van der Waals surface area contributed by atoms with Gasteiger partial charge < -0.3 is 15.1 Å². The summed E-state index contributed by atoms with van der Waals surface area (Å²) in [7, 11) is 0. The Morgan fingerprint density at radius 2 is 1.56 bits per heavy atom. The molecule has 0 bridgehead atoms. The zero-order valence-electron chi connectivity index (χ0n) is 19.5. The second-order valence-electron chi connectivity index (χ2n) is 9.44. The topological polar surface area (TPSA) is 73.0 Å². The third-order valence-corrected chi connectivity index (χ3v) is 7.32. The van der Waals surface area contributed by atoms with Gasteiger partial charge in [-0.3, -0.25) is 9.69 Å². The number of benzene rings is 3. The van der Waals surface area contributed by atoms with E-state index in [-0.39, 0.29) is 32.1 Å². The lowest BCUT2D eigenvalue weighted by Crippen LogP contribution is -2.55. The van der Waals surface area contributed by atoms with E-state index < -0.39 is 29.7 Å². The van der Waals surface area contributed by atoms with Gasteiger partial charge in [0, 0.05) is 25.1 Å². The molecule has 7 nitrogen and oxygen atoms in total. The van der Waals surface area contributed by atoms with Gasteiger partial charge in [0.1, 0.15) is 6.04 Å². The number of nitrogens with zero attached hydrogens (tertiary/aromatic N) is 3. The predicted molar refractivity (Wildman–Crippen MR) is 133 cm³/mol. The molecule has 1 N–H and O–H groups in total. The Morgan fingerprint density at radius 1 is 0.889 bits per heavy atom. The molecule has 3 aliphatic rings. The Balaban J connectivity index is 1.17. The number of amides is 5. The average Bonchev–Trinajstić information content (AvgIpc) is 3.54. The lowest BCUT2D eigenvalue weighted by atomic mass is 10.0. The smallest absolute Gasteiger partial charge is 0.320 e. The molecule has 0 aromatic heterocycles. The van der Waals surface area contributed by atoms with Gasteiger partial charge in [0.05, 0.1) is 18.3 Å². The van der Waals surface area contributed by atoms with E-state index in [9.17, 15) is 14.4 Å². The van der Waals surface area contributed by atoms with E-state index in [0.29, 0.717) is 11.3 Å². The van der Waals surface area contributed by atoms with Crippen molar-refractivity contribution < 1.29 is 18.8 Å². The van der Waals surface area contributed by atoms with E-state index in [2.05, 4.69) is 5.32 Å². The van der Waals surface area contributed by atoms with Crippen molar-refractivity contribution >= 4 is 23.7 Å². The molecule has 3 fully saturated rings. The maximum atomic E-state index is 15.6. The maximum Gasteiger partial charge on any atom is 0.327 e. The highest BCUT2D eigenvalue weighted by molar-refractivity contribution is 6.06. The summed E-state index contributed by atoms with van der Waals surface area (Å²) < 4.78 is 15.6. The largest absolute Gasteiger partial charge is 0.327 e. The number of nitrogens with one attached hydrogen (secondary N) is 1. The molecule has 3 aromatic carbocycles.